The number of ether oxygens (including phenoxy) is 1. The average molecular weight is 377 g/mol. The third-order valence-electron chi connectivity index (χ3n) is 4.05. The Morgan fingerprint density at radius 1 is 1.12 bits per heavy atom. The summed E-state index contributed by atoms with van der Waals surface area (Å²) in [5.74, 6) is -0.174. The van der Waals surface area contributed by atoms with Crippen LogP contribution in [0.5, 0.6) is 5.88 Å². The number of fused-ring (bicyclic) bond motifs is 2. The molecule has 1 aliphatic rings. The van der Waals surface area contributed by atoms with Crippen molar-refractivity contribution in [1.82, 2.24) is 15.0 Å². The standard InChI is InChI=1S/C17H15F2N3OS.C2H6/c1-9-6-10(16-22-11-4-2-3-5-13(11)24-16)15-12(7-9)21-14(8-20-15)23-17(18)19;1-2/h6-8,17H,2-5H2,1H3;1-2H3. The summed E-state index contributed by atoms with van der Waals surface area (Å²) in [6.07, 6.45) is 5.72. The van der Waals surface area contributed by atoms with Gasteiger partial charge < -0.3 is 4.74 Å². The van der Waals surface area contributed by atoms with Crippen molar-refractivity contribution in [3.05, 3.63) is 34.5 Å². The Morgan fingerprint density at radius 2 is 1.88 bits per heavy atom. The second-order valence-corrected chi connectivity index (χ2v) is 6.95. The second-order valence-electron chi connectivity index (χ2n) is 5.86. The van der Waals surface area contributed by atoms with Gasteiger partial charge in [-0.2, -0.15) is 8.78 Å². The molecular weight excluding hydrogens is 356 g/mol. The molecule has 3 aromatic rings. The Balaban J connectivity index is 0.000000948. The zero-order valence-electron chi connectivity index (χ0n) is 15.1. The van der Waals surface area contributed by atoms with Gasteiger partial charge in [-0.3, -0.25) is 0 Å². The SMILES string of the molecule is CC.Cc1cc(-c2nc3c(s2)CCCC3)c2ncc(OC(F)F)nc2c1. The summed E-state index contributed by atoms with van der Waals surface area (Å²) in [5, 5.41) is 0.924. The van der Waals surface area contributed by atoms with E-state index >= 15 is 0 Å². The molecule has 0 spiro atoms. The van der Waals surface area contributed by atoms with Crippen LogP contribution in [0, 0.1) is 6.92 Å². The highest BCUT2D eigenvalue weighted by molar-refractivity contribution is 7.15. The molecule has 7 heteroatoms. The van der Waals surface area contributed by atoms with Crippen LogP contribution in [0.15, 0.2) is 18.3 Å². The van der Waals surface area contributed by atoms with Gasteiger partial charge >= 0.3 is 6.61 Å². The van der Waals surface area contributed by atoms with Crippen molar-refractivity contribution in [1.29, 1.82) is 0 Å². The summed E-state index contributed by atoms with van der Waals surface area (Å²) in [4.78, 5) is 14.6. The minimum absolute atomic E-state index is 0.174. The molecule has 2 aromatic heterocycles. The van der Waals surface area contributed by atoms with E-state index in [9.17, 15) is 8.78 Å². The molecule has 0 fully saturated rings. The van der Waals surface area contributed by atoms with Gasteiger partial charge in [-0.05, 0) is 50.3 Å². The van der Waals surface area contributed by atoms with Crippen LogP contribution in [0.4, 0.5) is 8.78 Å². The first kappa shape index (κ1) is 18.6. The summed E-state index contributed by atoms with van der Waals surface area (Å²) < 4.78 is 29.1. The molecule has 0 radical (unpaired) electrons. The van der Waals surface area contributed by atoms with Gasteiger partial charge in [0.05, 0.1) is 22.9 Å². The molecule has 4 rings (SSSR count). The number of hydrogen-bond donors (Lipinski definition) is 0. The van der Waals surface area contributed by atoms with E-state index < -0.39 is 6.61 Å². The maximum Gasteiger partial charge on any atom is 0.388 e. The lowest BCUT2D eigenvalue weighted by Gasteiger charge is -2.07. The molecule has 0 saturated carbocycles. The van der Waals surface area contributed by atoms with E-state index in [2.05, 4.69) is 14.7 Å². The van der Waals surface area contributed by atoms with Gasteiger partial charge in [0.15, 0.2) is 0 Å². The Hall–Kier alpha value is -2.15. The Kier molecular flexibility index (Phi) is 5.76. The highest BCUT2D eigenvalue weighted by Crippen LogP contribution is 2.36. The Morgan fingerprint density at radius 3 is 2.62 bits per heavy atom. The van der Waals surface area contributed by atoms with E-state index in [1.165, 1.54) is 29.6 Å². The molecule has 0 bridgehead atoms. The molecule has 0 saturated heterocycles. The minimum Gasteiger partial charge on any atom is -0.415 e. The first-order valence-electron chi connectivity index (χ1n) is 8.81. The van der Waals surface area contributed by atoms with Crippen LogP contribution in [-0.2, 0) is 12.8 Å². The van der Waals surface area contributed by atoms with Crippen molar-refractivity contribution >= 4 is 22.4 Å². The minimum atomic E-state index is -2.91. The van der Waals surface area contributed by atoms with Crippen molar-refractivity contribution in [2.45, 2.75) is 53.1 Å². The van der Waals surface area contributed by atoms with Crippen LogP contribution in [0.25, 0.3) is 21.6 Å². The van der Waals surface area contributed by atoms with E-state index in [-0.39, 0.29) is 5.88 Å². The number of nitrogens with zero attached hydrogens (tertiary/aromatic N) is 3. The van der Waals surface area contributed by atoms with Crippen LogP contribution in [0.1, 0.15) is 42.8 Å². The fraction of sp³-hybridized carbons (Fsp3) is 0.421. The largest absolute Gasteiger partial charge is 0.415 e. The molecule has 0 aliphatic heterocycles. The summed E-state index contributed by atoms with van der Waals surface area (Å²) in [7, 11) is 0. The molecule has 1 aromatic carbocycles. The first-order valence-corrected chi connectivity index (χ1v) is 9.63. The number of thiazole rings is 1. The number of halogens is 2. The molecule has 0 unspecified atom stereocenters. The zero-order valence-corrected chi connectivity index (χ0v) is 15.9. The first-order chi connectivity index (χ1) is 12.6. The van der Waals surface area contributed by atoms with Crippen LogP contribution in [0.3, 0.4) is 0 Å². The molecule has 2 heterocycles. The van der Waals surface area contributed by atoms with Gasteiger partial charge in [0.25, 0.3) is 0 Å². The molecule has 138 valence electrons. The predicted molar refractivity (Wildman–Crippen MR) is 100 cm³/mol. The smallest absolute Gasteiger partial charge is 0.388 e. The molecular formula is C19H21F2N3OS. The van der Waals surface area contributed by atoms with E-state index in [1.54, 1.807) is 11.3 Å². The highest BCUT2D eigenvalue weighted by Gasteiger charge is 2.19. The lowest BCUT2D eigenvalue weighted by molar-refractivity contribution is -0.0528. The molecule has 4 nitrogen and oxygen atoms in total. The lowest BCUT2D eigenvalue weighted by atomic mass is 10.0. The van der Waals surface area contributed by atoms with Crippen LogP contribution in [0.2, 0.25) is 0 Å². The van der Waals surface area contributed by atoms with Crippen molar-refractivity contribution in [3.63, 3.8) is 0 Å². The topological polar surface area (TPSA) is 47.9 Å². The van der Waals surface area contributed by atoms with Crippen molar-refractivity contribution in [2.24, 2.45) is 0 Å². The van der Waals surface area contributed by atoms with Gasteiger partial charge in [-0.1, -0.05) is 13.8 Å². The van der Waals surface area contributed by atoms with Crippen LogP contribution in [-0.4, -0.2) is 21.6 Å². The number of aromatic nitrogens is 3. The van der Waals surface area contributed by atoms with Crippen molar-refractivity contribution < 1.29 is 13.5 Å². The fourth-order valence-electron chi connectivity index (χ4n) is 3.03. The van der Waals surface area contributed by atoms with Crippen molar-refractivity contribution in [2.75, 3.05) is 0 Å². The maximum atomic E-state index is 12.4. The quantitative estimate of drug-likeness (QED) is 0.599. The number of rotatable bonds is 3. The van der Waals surface area contributed by atoms with Gasteiger partial charge in [0, 0.05) is 10.4 Å². The van der Waals surface area contributed by atoms with E-state index in [4.69, 9.17) is 4.98 Å². The lowest BCUT2D eigenvalue weighted by Crippen LogP contribution is -2.04. The second kappa shape index (κ2) is 8.03. The maximum absolute atomic E-state index is 12.4. The monoisotopic (exact) mass is 377 g/mol. The van der Waals surface area contributed by atoms with E-state index in [0.29, 0.717) is 11.0 Å². The zero-order chi connectivity index (χ0) is 18.7. The average Bonchev–Trinajstić information content (AvgIpc) is 3.06. The fourth-order valence-corrected chi connectivity index (χ4v) is 4.19. The number of alkyl halides is 2. The van der Waals surface area contributed by atoms with E-state index in [0.717, 1.165) is 29.0 Å². The third-order valence-corrected chi connectivity index (χ3v) is 5.25. The summed E-state index contributed by atoms with van der Waals surface area (Å²) in [6, 6.07) is 3.84. The molecule has 0 amide bonds. The van der Waals surface area contributed by atoms with Crippen molar-refractivity contribution in [3.8, 4) is 16.5 Å². The molecule has 0 atom stereocenters. The van der Waals surface area contributed by atoms with Gasteiger partial charge in [0.1, 0.15) is 5.01 Å². The predicted octanol–water partition coefficient (Wildman–Crippen LogP) is 5.57. The third kappa shape index (κ3) is 3.82. The summed E-state index contributed by atoms with van der Waals surface area (Å²) in [5.41, 5.74) is 4.26. The van der Waals surface area contributed by atoms with Gasteiger partial charge in [-0.15, -0.1) is 11.3 Å². The number of hydrogen-bond acceptors (Lipinski definition) is 5. The molecule has 26 heavy (non-hydrogen) atoms. The summed E-state index contributed by atoms with van der Waals surface area (Å²) >= 11 is 1.70. The van der Waals surface area contributed by atoms with Gasteiger partial charge in [-0.25, -0.2) is 15.0 Å². The van der Waals surface area contributed by atoms with Crippen LogP contribution < -0.4 is 4.74 Å². The normalized spacial score (nSPS) is 13.3. The van der Waals surface area contributed by atoms with E-state index in [1.807, 2.05) is 32.9 Å². The summed E-state index contributed by atoms with van der Waals surface area (Å²) in [6.45, 7) is 3.03. The molecule has 0 N–H and O–H groups in total. The Labute approximate surface area is 155 Å². The Bertz CT molecular complexity index is 888. The van der Waals surface area contributed by atoms with Gasteiger partial charge in [0.2, 0.25) is 5.88 Å². The highest BCUT2D eigenvalue weighted by atomic mass is 32.1. The number of aryl methyl sites for hydroxylation is 3. The van der Waals surface area contributed by atoms with Crippen LogP contribution >= 0.6 is 11.3 Å². The molecule has 1 aliphatic carbocycles. The number of benzene rings is 1.